The van der Waals surface area contributed by atoms with Crippen LogP contribution in [0.4, 0.5) is 5.82 Å². The van der Waals surface area contributed by atoms with Crippen molar-refractivity contribution in [2.24, 2.45) is 13.0 Å². The molecule has 37 heavy (non-hydrogen) atoms. The van der Waals surface area contributed by atoms with E-state index in [1.165, 1.54) is 0 Å². The standard InChI is InChI=1S/C26H31N7O4/c1-4-18-13-21(30-37-18)20-14-22(31(3)29-20)27-23(34)12-16(2)25(35)28-24-19-9-6-5-8-17(19)15-32-10-7-11-33(32)26(24)36/h5-6,8-9,13-14,16,24H,4,7,10-12,15H2,1-3H3,(H,27,34)(H,28,35)/t16-,24+/m1/s1. The molecule has 1 fully saturated rings. The van der Waals surface area contributed by atoms with Crippen LogP contribution in [0.5, 0.6) is 0 Å². The van der Waals surface area contributed by atoms with Crippen LogP contribution in [-0.2, 0) is 34.4 Å². The zero-order valence-corrected chi connectivity index (χ0v) is 21.2. The van der Waals surface area contributed by atoms with Crippen LogP contribution in [0, 0.1) is 5.92 Å². The zero-order chi connectivity index (χ0) is 26.1. The molecule has 0 spiro atoms. The molecule has 1 aromatic carbocycles. The molecule has 0 saturated carbocycles. The molecule has 11 nitrogen and oxygen atoms in total. The summed E-state index contributed by atoms with van der Waals surface area (Å²) < 4.78 is 6.78. The summed E-state index contributed by atoms with van der Waals surface area (Å²) in [6, 6.07) is 10.4. The fourth-order valence-corrected chi connectivity index (χ4v) is 4.82. The summed E-state index contributed by atoms with van der Waals surface area (Å²) in [5.74, 6) is -0.239. The molecule has 11 heteroatoms. The minimum Gasteiger partial charge on any atom is -0.361 e. The van der Waals surface area contributed by atoms with Crippen molar-refractivity contribution in [1.29, 1.82) is 0 Å². The summed E-state index contributed by atoms with van der Waals surface area (Å²) in [7, 11) is 1.72. The van der Waals surface area contributed by atoms with Crippen LogP contribution in [0.2, 0.25) is 0 Å². The topological polar surface area (TPSA) is 126 Å². The first-order valence-corrected chi connectivity index (χ1v) is 12.6. The van der Waals surface area contributed by atoms with Crippen molar-refractivity contribution in [3.63, 3.8) is 0 Å². The van der Waals surface area contributed by atoms with E-state index in [0.717, 1.165) is 36.3 Å². The molecule has 5 rings (SSSR count). The summed E-state index contributed by atoms with van der Waals surface area (Å²) >= 11 is 0. The minimum absolute atomic E-state index is 0.0469. The number of fused-ring (bicyclic) bond motifs is 2. The van der Waals surface area contributed by atoms with Crippen molar-refractivity contribution in [2.75, 3.05) is 18.4 Å². The lowest BCUT2D eigenvalue weighted by Gasteiger charge is -2.28. The molecule has 0 radical (unpaired) electrons. The van der Waals surface area contributed by atoms with Gasteiger partial charge < -0.3 is 15.2 Å². The van der Waals surface area contributed by atoms with Crippen molar-refractivity contribution < 1.29 is 18.9 Å². The fraction of sp³-hybridized carbons (Fsp3) is 0.423. The third kappa shape index (κ3) is 4.99. The van der Waals surface area contributed by atoms with E-state index in [9.17, 15) is 14.4 Å². The summed E-state index contributed by atoms with van der Waals surface area (Å²) in [5, 5.41) is 17.9. The molecule has 2 aromatic heterocycles. The Bertz CT molecular complexity index is 1330. The van der Waals surface area contributed by atoms with Crippen LogP contribution >= 0.6 is 0 Å². The Morgan fingerprint density at radius 2 is 2.00 bits per heavy atom. The lowest BCUT2D eigenvalue weighted by Crippen LogP contribution is -2.46. The van der Waals surface area contributed by atoms with E-state index >= 15 is 0 Å². The maximum atomic E-state index is 13.4. The maximum absolute atomic E-state index is 13.4. The third-order valence-corrected chi connectivity index (χ3v) is 6.89. The van der Waals surface area contributed by atoms with Crippen LogP contribution in [0.3, 0.4) is 0 Å². The number of aromatic nitrogens is 3. The first-order valence-electron chi connectivity index (χ1n) is 12.6. The molecule has 0 aliphatic carbocycles. The largest absolute Gasteiger partial charge is 0.361 e. The van der Waals surface area contributed by atoms with E-state index in [1.807, 2.05) is 42.3 Å². The van der Waals surface area contributed by atoms with E-state index in [0.29, 0.717) is 30.3 Å². The SMILES string of the molecule is CCc1cc(-c2cc(NC(=O)C[C@@H](C)C(=O)N[C@@H]3C(=O)N4CCCN4Cc4ccccc43)n(C)n2)no1. The van der Waals surface area contributed by atoms with E-state index in [1.54, 1.807) is 29.7 Å². The third-order valence-electron chi connectivity index (χ3n) is 6.89. The number of nitrogens with one attached hydrogen (secondary N) is 2. The second-order valence-corrected chi connectivity index (χ2v) is 9.57. The lowest BCUT2D eigenvalue weighted by atomic mass is 9.98. The van der Waals surface area contributed by atoms with Crippen molar-refractivity contribution in [2.45, 2.75) is 45.7 Å². The number of hydrazine groups is 1. The van der Waals surface area contributed by atoms with Gasteiger partial charge in [-0.25, -0.2) is 5.01 Å². The van der Waals surface area contributed by atoms with Crippen LogP contribution in [0.25, 0.3) is 11.4 Å². The maximum Gasteiger partial charge on any atom is 0.264 e. The van der Waals surface area contributed by atoms with E-state index in [4.69, 9.17) is 4.52 Å². The highest BCUT2D eigenvalue weighted by atomic mass is 16.5. The quantitative estimate of drug-likeness (QED) is 0.505. The molecule has 4 heterocycles. The molecule has 1 saturated heterocycles. The van der Waals surface area contributed by atoms with Crippen LogP contribution in [-0.4, -0.2) is 55.8 Å². The van der Waals surface area contributed by atoms with Crippen LogP contribution in [0.1, 0.15) is 49.6 Å². The Morgan fingerprint density at radius 3 is 2.78 bits per heavy atom. The molecule has 2 N–H and O–H groups in total. The van der Waals surface area contributed by atoms with Gasteiger partial charge in [-0.3, -0.25) is 24.1 Å². The summed E-state index contributed by atoms with van der Waals surface area (Å²) in [5.41, 5.74) is 2.98. The molecule has 194 valence electrons. The molecule has 2 aliphatic rings. The fourth-order valence-electron chi connectivity index (χ4n) is 4.82. The highest BCUT2D eigenvalue weighted by molar-refractivity contribution is 5.95. The van der Waals surface area contributed by atoms with E-state index < -0.39 is 12.0 Å². The molecule has 3 aromatic rings. The Hall–Kier alpha value is -3.99. The van der Waals surface area contributed by atoms with Gasteiger partial charge in [0.25, 0.3) is 5.91 Å². The number of benzene rings is 1. The van der Waals surface area contributed by atoms with Gasteiger partial charge in [0.05, 0.1) is 0 Å². The van der Waals surface area contributed by atoms with Gasteiger partial charge in [0.1, 0.15) is 29.0 Å². The molecular formula is C26H31N7O4. The molecule has 2 aliphatic heterocycles. The van der Waals surface area contributed by atoms with E-state index in [2.05, 4.69) is 20.9 Å². The molecule has 3 amide bonds. The number of rotatable bonds is 7. The lowest BCUT2D eigenvalue weighted by molar-refractivity contribution is -0.148. The van der Waals surface area contributed by atoms with Gasteiger partial charge in [0, 0.05) is 57.6 Å². The molecule has 0 bridgehead atoms. The number of carbonyl (C=O) groups is 3. The normalized spacial score (nSPS) is 18.2. The number of anilines is 1. The number of nitrogens with zero attached hydrogens (tertiary/aromatic N) is 5. The average molecular weight is 506 g/mol. The average Bonchev–Trinajstić information content (AvgIpc) is 3.61. The van der Waals surface area contributed by atoms with Crippen molar-refractivity contribution in [1.82, 2.24) is 30.3 Å². The van der Waals surface area contributed by atoms with Gasteiger partial charge in [-0.2, -0.15) is 5.10 Å². The molecule has 2 atom stereocenters. The Morgan fingerprint density at radius 1 is 1.19 bits per heavy atom. The smallest absolute Gasteiger partial charge is 0.264 e. The van der Waals surface area contributed by atoms with Gasteiger partial charge in [-0.05, 0) is 17.5 Å². The summed E-state index contributed by atoms with van der Waals surface area (Å²) in [6.07, 6.45) is 1.57. The van der Waals surface area contributed by atoms with Crippen LogP contribution < -0.4 is 10.6 Å². The number of hydrogen-bond donors (Lipinski definition) is 2. The van der Waals surface area contributed by atoms with Gasteiger partial charge in [-0.1, -0.05) is 43.3 Å². The summed E-state index contributed by atoms with van der Waals surface area (Å²) in [6.45, 7) is 5.73. The number of hydrogen-bond acceptors (Lipinski definition) is 7. The van der Waals surface area contributed by atoms with Gasteiger partial charge in [0.2, 0.25) is 11.8 Å². The van der Waals surface area contributed by atoms with Gasteiger partial charge >= 0.3 is 0 Å². The minimum atomic E-state index is -0.785. The molecule has 0 unspecified atom stereocenters. The summed E-state index contributed by atoms with van der Waals surface area (Å²) in [4.78, 5) is 39.3. The highest BCUT2D eigenvalue weighted by Crippen LogP contribution is 2.30. The predicted octanol–water partition coefficient (Wildman–Crippen LogP) is 2.42. The Labute approximate surface area is 214 Å². The van der Waals surface area contributed by atoms with Crippen molar-refractivity contribution in [3.8, 4) is 11.4 Å². The Balaban J connectivity index is 1.24. The van der Waals surface area contributed by atoms with E-state index in [-0.39, 0.29) is 24.1 Å². The molecular weight excluding hydrogens is 474 g/mol. The van der Waals surface area contributed by atoms with Crippen molar-refractivity contribution in [3.05, 3.63) is 53.3 Å². The second kappa shape index (κ2) is 10.2. The van der Waals surface area contributed by atoms with Gasteiger partial charge in [-0.15, -0.1) is 0 Å². The van der Waals surface area contributed by atoms with Crippen LogP contribution in [0.15, 0.2) is 40.9 Å². The first-order chi connectivity index (χ1) is 17.8. The number of aryl methyl sites for hydroxylation is 2. The number of carbonyl (C=O) groups excluding carboxylic acids is 3. The first kappa shape index (κ1) is 24.7. The number of amides is 3. The zero-order valence-electron chi connectivity index (χ0n) is 21.2. The highest BCUT2D eigenvalue weighted by Gasteiger charge is 2.38. The predicted molar refractivity (Wildman–Crippen MR) is 135 cm³/mol. The van der Waals surface area contributed by atoms with Crippen molar-refractivity contribution >= 4 is 23.5 Å². The van der Waals surface area contributed by atoms with Gasteiger partial charge in [0.15, 0.2) is 0 Å². The monoisotopic (exact) mass is 505 g/mol. The second-order valence-electron chi connectivity index (χ2n) is 9.57. The Kier molecular flexibility index (Phi) is 6.79.